The van der Waals surface area contributed by atoms with Crippen molar-refractivity contribution in [2.24, 2.45) is 0 Å². The Morgan fingerprint density at radius 2 is 2.00 bits per heavy atom. The highest BCUT2D eigenvalue weighted by Crippen LogP contribution is 2.38. The summed E-state index contributed by atoms with van der Waals surface area (Å²) >= 11 is 16.1. The first-order valence-corrected chi connectivity index (χ1v) is 4.56. The molecule has 1 aliphatic carbocycles. The Kier molecular flexibility index (Phi) is 2.62. The minimum Gasteiger partial charge on any atom is -0.343 e. The van der Waals surface area contributed by atoms with Crippen molar-refractivity contribution in [3.05, 3.63) is 12.7 Å². The molecule has 0 aromatic heterocycles. The van der Waals surface area contributed by atoms with Crippen molar-refractivity contribution >= 4 is 40.7 Å². The molecule has 0 heterocycles. The van der Waals surface area contributed by atoms with E-state index in [1.54, 1.807) is 6.08 Å². The zero-order valence-electron chi connectivity index (χ0n) is 6.24. The fourth-order valence-electron chi connectivity index (χ4n) is 0.812. The quantitative estimate of drug-likeness (QED) is 0.570. The predicted octanol–water partition coefficient (Wildman–Crippen LogP) is 2.19. The van der Waals surface area contributed by atoms with Gasteiger partial charge in [-0.3, -0.25) is 4.79 Å². The van der Waals surface area contributed by atoms with Gasteiger partial charge in [0.25, 0.3) is 9.70 Å². The van der Waals surface area contributed by atoms with Crippen LogP contribution in [0.5, 0.6) is 0 Å². The van der Waals surface area contributed by atoms with Gasteiger partial charge in [-0.1, -0.05) is 40.9 Å². The fourth-order valence-corrected chi connectivity index (χ4v) is 0.954. The molecule has 1 aliphatic rings. The molecule has 1 fully saturated rings. The third kappa shape index (κ3) is 2.28. The second-order valence-corrected chi connectivity index (χ2v) is 5.09. The number of rotatable bonds is 2. The van der Waals surface area contributed by atoms with E-state index in [0.717, 1.165) is 12.8 Å². The number of hydrogen-bond acceptors (Lipinski definition) is 1. The summed E-state index contributed by atoms with van der Waals surface area (Å²) in [6.45, 7) is 3.59. The van der Waals surface area contributed by atoms with Crippen molar-refractivity contribution < 1.29 is 4.79 Å². The molecule has 0 aromatic carbocycles. The van der Waals surface area contributed by atoms with Gasteiger partial charge < -0.3 is 5.32 Å². The van der Waals surface area contributed by atoms with Crippen LogP contribution in [0.3, 0.4) is 0 Å². The van der Waals surface area contributed by atoms with Gasteiger partial charge in [0.2, 0.25) is 0 Å². The summed E-state index contributed by atoms with van der Waals surface area (Å²) < 4.78 is -1.88. The van der Waals surface area contributed by atoms with E-state index in [1.165, 1.54) is 0 Å². The lowest BCUT2D eigenvalue weighted by Crippen LogP contribution is -2.42. The maximum absolute atomic E-state index is 11.1. The van der Waals surface area contributed by atoms with Gasteiger partial charge in [-0.25, -0.2) is 0 Å². The van der Waals surface area contributed by atoms with Crippen LogP contribution < -0.4 is 5.32 Å². The van der Waals surface area contributed by atoms with Gasteiger partial charge in [-0.2, -0.15) is 0 Å². The molecule has 68 valence electrons. The molecule has 0 atom stereocenters. The van der Waals surface area contributed by atoms with Crippen LogP contribution in [0.4, 0.5) is 0 Å². The van der Waals surface area contributed by atoms with Crippen LogP contribution in [0.1, 0.15) is 12.8 Å². The Bertz CT molecular complexity index is 217. The first-order valence-electron chi connectivity index (χ1n) is 3.43. The third-order valence-electron chi connectivity index (χ3n) is 1.80. The van der Waals surface area contributed by atoms with Gasteiger partial charge in [-0.15, -0.1) is 6.58 Å². The average molecular weight is 229 g/mol. The van der Waals surface area contributed by atoms with Crippen molar-refractivity contribution in [3.8, 4) is 0 Å². The number of carbonyl (C=O) groups excluding carboxylic acids is 1. The van der Waals surface area contributed by atoms with Gasteiger partial charge in [-0.05, 0) is 12.8 Å². The van der Waals surface area contributed by atoms with Gasteiger partial charge in [0.05, 0.1) is 5.54 Å². The van der Waals surface area contributed by atoms with Crippen molar-refractivity contribution in [1.29, 1.82) is 0 Å². The SMILES string of the molecule is C=CC1(NC(=O)C(Cl)(Cl)Cl)CC1. The molecule has 1 saturated carbocycles. The van der Waals surface area contributed by atoms with Gasteiger partial charge >= 0.3 is 0 Å². The zero-order valence-corrected chi connectivity index (χ0v) is 8.51. The molecule has 0 radical (unpaired) electrons. The second-order valence-electron chi connectivity index (χ2n) is 2.81. The molecular weight excluding hydrogens is 220 g/mol. The molecule has 0 saturated heterocycles. The number of carbonyl (C=O) groups is 1. The lowest BCUT2D eigenvalue weighted by molar-refractivity contribution is -0.120. The Balaban J connectivity index is 2.52. The van der Waals surface area contributed by atoms with Crippen LogP contribution in [-0.2, 0) is 4.79 Å². The highest BCUT2D eigenvalue weighted by atomic mass is 35.6. The lowest BCUT2D eigenvalue weighted by Gasteiger charge is -2.16. The summed E-state index contributed by atoms with van der Waals surface area (Å²) in [5.41, 5.74) is -0.318. The number of amides is 1. The van der Waals surface area contributed by atoms with Gasteiger partial charge in [0.1, 0.15) is 0 Å². The summed E-state index contributed by atoms with van der Waals surface area (Å²) in [4.78, 5) is 11.1. The standard InChI is InChI=1S/C7H8Cl3NO/c1-2-6(3-4-6)11-5(12)7(8,9)10/h2H,1,3-4H2,(H,11,12). The van der Waals surface area contributed by atoms with Crippen LogP contribution in [0.25, 0.3) is 0 Å². The highest BCUT2D eigenvalue weighted by molar-refractivity contribution is 6.76. The molecule has 1 rings (SSSR count). The minimum atomic E-state index is -1.88. The topological polar surface area (TPSA) is 29.1 Å². The monoisotopic (exact) mass is 227 g/mol. The van der Waals surface area contributed by atoms with Crippen molar-refractivity contribution in [3.63, 3.8) is 0 Å². The van der Waals surface area contributed by atoms with Crippen LogP contribution in [-0.4, -0.2) is 15.2 Å². The summed E-state index contributed by atoms with van der Waals surface area (Å²) in [6.07, 6.45) is 3.40. The Hall–Kier alpha value is 0.0800. The first-order chi connectivity index (χ1) is 5.40. The summed E-state index contributed by atoms with van der Waals surface area (Å²) in [5.74, 6) is -0.593. The van der Waals surface area contributed by atoms with E-state index in [2.05, 4.69) is 11.9 Å². The summed E-state index contributed by atoms with van der Waals surface area (Å²) in [5, 5.41) is 2.60. The Labute approximate surface area is 85.9 Å². The molecule has 0 spiro atoms. The van der Waals surface area contributed by atoms with Crippen LogP contribution in [0.2, 0.25) is 0 Å². The average Bonchev–Trinajstić information content (AvgIpc) is 2.67. The van der Waals surface area contributed by atoms with E-state index in [4.69, 9.17) is 34.8 Å². The predicted molar refractivity (Wildman–Crippen MR) is 50.6 cm³/mol. The summed E-state index contributed by atoms with van der Waals surface area (Å²) in [7, 11) is 0. The Morgan fingerprint density at radius 1 is 1.50 bits per heavy atom. The number of alkyl halides is 3. The second kappa shape index (κ2) is 3.09. The molecule has 1 N–H and O–H groups in total. The maximum atomic E-state index is 11.1. The van der Waals surface area contributed by atoms with E-state index in [-0.39, 0.29) is 5.54 Å². The molecule has 1 amide bonds. The lowest BCUT2D eigenvalue weighted by atomic mass is 10.3. The van der Waals surface area contributed by atoms with E-state index >= 15 is 0 Å². The molecule has 0 bridgehead atoms. The molecule has 0 unspecified atom stereocenters. The molecule has 0 aliphatic heterocycles. The highest BCUT2D eigenvalue weighted by Gasteiger charge is 2.44. The number of hydrogen-bond donors (Lipinski definition) is 1. The molecule has 12 heavy (non-hydrogen) atoms. The molecular formula is C7H8Cl3NO. The zero-order chi connectivity index (χ0) is 9.41. The Morgan fingerprint density at radius 3 is 2.25 bits per heavy atom. The van der Waals surface area contributed by atoms with Crippen LogP contribution in [0.15, 0.2) is 12.7 Å². The maximum Gasteiger partial charge on any atom is 0.272 e. The third-order valence-corrected chi connectivity index (χ3v) is 2.31. The van der Waals surface area contributed by atoms with Crippen molar-refractivity contribution in [2.75, 3.05) is 0 Å². The van der Waals surface area contributed by atoms with Crippen molar-refractivity contribution in [2.45, 2.75) is 22.2 Å². The summed E-state index contributed by atoms with van der Waals surface area (Å²) in [6, 6.07) is 0. The molecule has 0 aromatic rings. The first kappa shape index (κ1) is 10.2. The van der Waals surface area contributed by atoms with Gasteiger partial charge in [0, 0.05) is 0 Å². The van der Waals surface area contributed by atoms with E-state index < -0.39 is 9.70 Å². The smallest absolute Gasteiger partial charge is 0.272 e. The van der Waals surface area contributed by atoms with Crippen molar-refractivity contribution in [1.82, 2.24) is 5.32 Å². The van der Waals surface area contributed by atoms with Gasteiger partial charge in [0.15, 0.2) is 0 Å². The molecule has 2 nitrogen and oxygen atoms in total. The number of halogens is 3. The molecule has 5 heteroatoms. The van der Waals surface area contributed by atoms with E-state index in [1.807, 2.05) is 0 Å². The fraction of sp³-hybridized carbons (Fsp3) is 0.571. The largest absolute Gasteiger partial charge is 0.343 e. The van der Waals surface area contributed by atoms with Crippen LogP contribution >= 0.6 is 34.8 Å². The normalized spacial score (nSPS) is 19.9. The van der Waals surface area contributed by atoms with Crippen LogP contribution in [0, 0.1) is 0 Å². The number of nitrogens with one attached hydrogen (secondary N) is 1. The minimum absolute atomic E-state index is 0.318. The van der Waals surface area contributed by atoms with E-state index in [0.29, 0.717) is 0 Å². The van der Waals surface area contributed by atoms with E-state index in [9.17, 15) is 4.79 Å².